The van der Waals surface area contributed by atoms with E-state index in [4.69, 9.17) is 0 Å². The standard InChI is InChI=1S/C16H13BrFN3/c17-11-7-14-15(8-12(11)18)21-16(20-14)10-3-1-5-13-9(10)4-2-6-19-13/h1,3,5,7-8,19H,2,4,6H2,(H,20,21). The Kier molecular flexibility index (Phi) is 2.96. The van der Waals surface area contributed by atoms with Crippen molar-refractivity contribution in [2.45, 2.75) is 12.8 Å². The van der Waals surface area contributed by atoms with Gasteiger partial charge in [0.25, 0.3) is 0 Å². The number of aromatic amines is 1. The molecule has 0 unspecified atom stereocenters. The van der Waals surface area contributed by atoms with Crippen LogP contribution in [0.2, 0.25) is 0 Å². The summed E-state index contributed by atoms with van der Waals surface area (Å²) in [4.78, 5) is 7.84. The molecule has 2 N–H and O–H groups in total. The van der Waals surface area contributed by atoms with Crippen molar-refractivity contribution in [3.8, 4) is 11.4 Å². The van der Waals surface area contributed by atoms with Gasteiger partial charge in [0.05, 0.1) is 15.5 Å². The topological polar surface area (TPSA) is 40.7 Å². The molecule has 1 aromatic heterocycles. The van der Waals surface area contributed by atoms with Gasteiger partial charge in [-0.25, -0.2) is 9.37 Å². The zero-order valence-corrected chi connectivity index (χ0v) is 12.8. The second-order valence-electron chi connectivity index (χ2n) is 5.23. The number of H-pyrrole nitrogens is 1. The molecule has 106 valence electrons. The predicted octanol–water partition coefficient (Wildman–Crippen LogP) is 4.49. The summed E-state index contributed by atoms with van der Waals surface area (Å²) in [6.07, 6.45) is 2.15. The molecule has 1 aliphatic heterocycles. The van der Waals surface area contributed by atoms with E-state index < -0.39 is 0 Å². The van der Waals surface area contributed by atoms with Crippen LogP contribution < -0.4 is 5.32 Å². The maximum Gasteiger partial charge on any atom is 0.139 e. The number of aromatic nitrogens is 2. The molecule has 0 bridgehead atoms. The fourth-order valence-corrected chi connectivity index (χ4v) is 3.20. The van der Waals surface area contributed by atoms with Crippen molar-refractivity contribution >= 4 is 32.7 Å². The minimum absolute atomic E-state index is 0.283. The molecule has 2 heterocycles. The SMILES string of the molecule is Fc1cc2[nH]c(-c3cccc4c3CCCN4)nc2cc1Br. The zero-order valence-electron chi connectivity index (χ0n) is 11.2. The first-order valence-corrected chi connectivity index (χ1v) is 7.72. The first-order chi connectivity index (χ1) is 10.2. The molecular weight excluding hydrogens is 333 g/mol. The molecule has 0 fully saturated rings. The monoisotopic (exact) mass is 345 g/mol. The van der Waals surface area contributed by atoms with Crippen molar-refractivity contribution < 1.29 is 4.39 Å². The molecule has 0 amide bonds. The summed E-state index contributed by atoms with van der Waals surface area (Å²) in [6, 6.07) is 9.36. The second kappa shape index (κ2) is 4.84. The summed E-state index contributed by atoms with van der Waals surface area (Å²) in [7, 11) is 0. The third kappa shape index (κ3) is 2.12. The van der Waals surface area contributed by atoms with Gasteiger partial charge >= 0.3 is 0 Å². The van der Waals surface area contributed by atoms with Crippen LogP contribution in [0.3, 0.4) is 0 Å². The lowest BCUT2D eigenvalue weighted by atomic mass is 9.97. The lowest BCUT2D eigenvalue weighted by Gasteiger charge is -2.20. The second-order valence-corrected chi connectivity index (χ2v) is 6.09. The number of benzene rings is 2. The third-order valence-corrected chi connectivity index (χ3v) is 4.48. The van der Waals surface area contributed by atoms with Gasteiger partial charge in [-0.1, -0.05) is 12.1 Å². The fourth-order valence-electron chi connectivity index (χ4n) is 2.86. The Morgan fingerprint density at radius 3 is 3.05 bits per heavy atom. The van der Waals surface area contributed by atoms with Crippen LogP contribution in [-0.2, 0) is 6.42 Å². The van der Waals surface area contributed by atoms with Gasteiger partial charge in [-0.3, -0.25) is 0 Å². The van der Waals surface area contributed by atoms with Crippen LogP contribution >= 0.6 is 15.9 Å². The van der Waals surface area contributed by atoms with Crippen LogP contribution in [0, 0.1) is 5.82 Å². The fraction of sp³-hybridized carbons (Fsp3) is 0.188. The first kappa shape index (κ1) is 12.8. The maximum absolute atomic E-state index is 13.6. The number of halogens is 2. The number of imidazole rings is 1. The minimum Gasteiger partial charge on any atom is -0.385 e. The van der Waals surface area contributed by atoms with E-state index in [2.05, 4.69) is 43.3 Å². The quantitative estimate of drug-likeness (QED) is 0.682. The van der Waals surface area contributed by atoms with E-state index in [0.717, 1.165) is 36.3 Å². The molecule has 2 aromatic carbocycles. The van der Waals surface area contributed by atoms with Gasteiger partial charge in [0.1, 0.15) is 11.6 Å². The average Bonchev–Trinajstić information content (AvgIpc) is 2.90. The number of rotatable bonds is 1. The number of nitrogens with one attached hydrogen (secondary N) is 2. The van der Waals surface area contributed by atoms with E-state index >= 15 is 0 Å². The first-order valence-electron chi connectivity index (χ1n) is 6.93. The molecule has 3 nitrogen and oxygen atoms in total. The molecule has 0 saturated carbocycles. The average molecular weight is 346 g/mol. The van der Waals surface area contributed by atoms with Gasteiger partial charge in [-0.05, 0) is 46.5 Å². The Bertz CT molecular complexity index is 802. The number of fused-ring (bicyclic) bond motifs is 2. The summed E-state index contributed by atoms with van der Waals surface area (Å²) in [5.41, 5.74) is 5.02. The van der Waals surface area contributed by atoms with Crippen LogP contribution in [0.25, 0.3) is 22.4 Å². The Hall–Kier alpha value is -1.88. The molecule has 0 atom stereocenters. The minimum atomic E-state index is -0.283. The van der Waals surface area contributed by atoms with E-state index in [1.807, 2.05) is 6.07 Å². The number of hydrogen-bond donors (Lipinski definition) is 2. The molecular formula is C16H13BrFN3. The largest absolute Gasteiger partial charge is 0.385 e. The number of hydrogen-bond acceptors (Lipinski definition) is 2. The predicted molar refractivity (Wildman–Crippen MR) is 86.0 cm³/mol. The Morgan fingerprint density at radius 1 is 1.24 bits per heavy atom. The molecule has 0 saturated heterocycles. The van der Waals surface area contributed by atoms with Crippen LogP contribution in [0.4, 0.5) is 10.1 Å². The smallest absolute Gasteiger partial charge is 0.139 e. The van der Waals surface area contributed by atoms with Crippen LogP contribution in [0.1, 0.15) is 12.0 Å². The number of anilines is 1. The van der Waals surface area contributed by atoms with Crippen LogP contribution in [0.5, 0.6) is 0 Å². The molecule has 0 radical (unpaired) electrons. The lowest BCUT2D eigenvalue weighted by molar-refractivity contribution is 0.623. The molecule has 1 aliphatic rings. The molecule has 0 spiro atoms. The molecule has 5 heteroatoms. The van der Waals surface area contributed by atoms with Crippen molar-refractivity contribution in [3.63, 3.8) is 0 Å². The van der Waals surface area contributed by atoms with E-state index in [-0.39, 0.29) is 5.82 Å². The summed E-state index contributed by atoms with van der Waals surface area (Å²) in [6.45, 7) is 1.01. The van der Waals surface area contributed by atoms with Crippen molar-refractivity contribution in [2.24, 2.45) is 0 Å². The summed E-state index contributed by atoms with van der Waals surface area (Å²) >= 11 is 3.20. The molecule has 3 aromatic rings. The van der Waals surface area contributed by atoms with Crippen LogP contribution in [-0.4, -0.2) is 16.5 Å². The normalized spacial score (nSPS) is 14.0. The highest BCUT2D eigenvalue weighted by atomic mass is 79.9. The molecule has 21 heavy (non-hydrogen) atoms. The summed E-state index contributed by atoms with van der Waals surface area (Å²) < 4.78 is 14.1. The third-order valence-electron chi connectivity index (χ3n) is 3.87. The van der Waals surface area contributed by atoms with Crippen molar-refractivity contribution in [3.05, 3.63) is 46.2 Å². The van der Waals surface area contributed by atoms with Crippen molar-refractivity contribution in [1.29, 1.82) is 0 Å². The lowest BCUT2D eigenvalue weighted by Crippen LogP contribution is -2.12. The van der Waals surface area contributed by atoms with Gasteiger partial charge in [0.2, 0.25) is 0 Å². The van der Waals surface area contributed by atoms with E-state index in [0.29, 0.717) is 9.99 Å². The van der Waals surface area contributed by atoms with E-state index in [1.54, 1.807) is 6.07 Å². The van der Waals surface area contributed by atoms with Gasteiger partial charge in [0.15, 0.2) is 0 Å². The van der Waals surface area contributed by atoms with Gasteiger partial charge < -0.3 is 10.3 Å². The summed E-state index contributed by atoms with van der Waals surface area (Å²) in [5.74, 6) is 0.512. The van der Waals surface area contributed by atoms with Crippen molar-refractivity contribution in [2.75, 3.05) is 11.9 Å². The Balaban J connectivity index is 1.91. The highest BCUT2D eigenvalue weighted by Gasteiger charge is 2.16. The maximum atomic E-state index is 13.6. The van der Waals surface area contributed by atoms with Gasteiger partial charge in [-0.15, -0.1) is 0 Å². The van der Waals surface area contributed by atoms with E-state index in [9.17, 15) is 4.39 Å². The highest BCUT2D eigenvalue weighted by Crippen LogP contribution is 2.32. The highest BCUT2D eigenvalue weighted by molar-refractivity contribution is 9.10. The Labute approximate surface area is 129 Å². The zero-order chi connectivity index (χ0) is 14.4. The van der Waals surface area contributed by atoms with Crippen LogP contribution in [0.15, 0.2) is 34.8 Å². The summed E-state index contributed by atoms with van der Waals surface area (Å²) in [5, 5.41) is 3.42. The Morgan fingerprint density at radius 2 is 2.14 bits per heavy atom. The van der Waals surface area contributed by atoms with Crippen molar-refractivity contribution in [1.82, 2.24) is 9.97 Å². The van der Waals surface area contributed by atoms with Gasteiger partial charge in [-0.2, -0.15) is 0 Å². The molecule has 4 rings (SSSR count). The van der Waals surface area contributed by atoms with Gasteiger partial charge in [0, 0.05) is 23.9 Å². The number of nitrogens with zero attached hydrogens (tertiary/aromatic N) is 1. The van der Waals surface area contributed by atoms with E-state index in [1.165, 1.54) is 17.3 Å². The molecule has 0 aliphatic carbocycles.